The molecule has 0 amide bonds. The molecule has 0 radical (unpaired) electrons. The van der Waals surface area contributed by atoms with E-state index in [1.54, 1.807) is 0 Å². The molecule has 4 rings (SSSR count). The zero-order chi connectivity index (χ0) is 20.0. The Morgan fingerprint density at radius 2 is 1.25 bits per heavy atom. The number of benzene rings is 2. The SMILES string of the molecule is CC1CC[C@@H]2C[C@H](c3cc(F)c(-c4cc(F)c(F)c(F)c4)c(F)c3)CC[C@@H]2C1. The number of halogens is 5. The van der Waals surface area contributed by atoms with Gasteiger partial charge in [-0.1, -0.05) is 13.3 Å². The van der Waals surface area contributed by atoms with Crippen LogP contribution in [-0.4, -0.2) is 0 Å². The van der Waals surface area contributed by atoms with Gasteiger partial charge in [0.2, 0.25) is 0 Å². The summed E-state index contributed by atoms with van der Waals surface area (Å²) in [5, 5.41) is 0. The summed E-state index contributed by atoms with van der Waals surface area (Å²) in [5.74, 6) is -4.19. The highest BCUT2D eigenvalue weighted by atomic mass is 19.2. The molecule has 150 valence electrons. The van der Waals surface area contributed by atoms with Crippen LogP contribution < -0.4 is 0 Å². The van der Waals surface area contributed by atoms with E-state index in [1.165, 1.54) is 31.4 Å². The fourth-order valence-corrected chi connectivity index (χ4v) is 5.23. The molecule has 0 heterocycles. The lowest BCUT2D eigenvalue weighted by atomic mass is 9.64. The highest BCUT2D eigenvalue weighted by Gasteiger charge is 2.35. The van der Waals surface area contributed by atoms with E-state index in [0.717, 1.165) is 25.2 Å². The van der Waals surface area contributed by atoms with Gasteiger partial charge in [-0.3, -0.25) is 0 Å². The Hall–Kier alpha value is -1.91. The van der Waals surface area contributed by atoms with Crippen molar-refractivity contribution in [2.75, 3.05) is 0 Å². The zero-order valence-electron chi connectivity index (χ0n) is 15.8. The summed E-state index contributed by atoms with van der Waals surface area (Å²) in [7, 11) is 0. The summed E-state index contributed by atoms with van der Waals surface area (Å²) in [6, 6.07) is 3.78. The van der Waals surface area contributed by atoms with Crippen LogP contribution in [0.15, 0.2) is 24.3 Å². The second kappa shape index (κ2) is 7.49. The van der Waals surface area contributed by atoms with Crippen molar-refractivity contribution in [3.05, 3.63) is 58.9 Å². The van der Waals surface area contributed by atoms with Gasteiger partial charge in [-0.2, -0.15) is 0 Å². The first-order valence-electron chi connectivity index (χ1n) is 9.97. The second-order valence-electron chi connectivity index (χ2n) is 8.56. The van der Waals surface area contributed by atoms with E-state index in [1.807, 2.05) is 0 Å². The van der Waals surface area contributed by atoms with Gasteiger partial charge < -0.3 is 0 Å². The maximum absolute atomic E-state index is 14.7. The van der Waals surface area contributed by atoms with E-state index in [9.17, 15) is 22.0 Å². The molecule has 2 aromatic carbocycles. The molecule has 28 heavy (non-hydrogen) atoms. The van der Waals surface area contributed by atoms with Crippen molar-refractivity contribution in [2.24, 2.45) is 17.8 Å². The molecule has 1 unspecified atom stereocenters. The molecule has 0 aromatic heterocycles. The quantitative estimate of drug-likeness (QED) is 0.368. The van der Waals surface area contributed by atoms with Gasteiger partial charge in [0.1, 0.15) is 11.6 Å². The van der Waals surface area contributed by atoms with Crippen LogP contribution in [0.25, 0.3) is 11.1 Å². The van der Waals surface area contributed by atoms with Crippen LogP contribution in [0, 0.1) is 46.8 Å². The van der Waals surface area contributed by atoms with Crippen molar-refractivity contribution in [2.45, 2.75) is 51.4 Å². The molecule has 2 saturated carbocycles. The van der Waals surface area contributed by atoms with Crippen LogP contribution in [0.1, 0.15) is 56.9 Å². The number of hydrogen-bond donors (Lipinski definition) is 0. The van der Waals surface area contributed by atoms with E-state index in [2.05, 4.69) is 6.92 Å². The van der Waals surface area contributed by atoms with Crippen LogP contribution in [0.4, 0.5) is 22.0 Å². The van der Waals surface area contributed by atoms with Crippen molar-refractivity contribution < 1.29 is 22.0 Å². The molecular weight excluding hydrogens is 371 g/mol. The summed E-state index contributed by atoms with van der Waals surface area (Å²) in [6.07, 6.45) is 6.50. The zero-order valence-corrected chi connectivity index (χ0v) is 15.8. The van der Waals surface area contributed by atoms with E-state index in [4.69, 9.17) is 0 Å². The van der Waals surface area contributed by atoms with Crippen LogP contribution >= 0.6 is 0 Å². The molecule has 5 heteroatoms. The first-order chi connectivity index (χ1) is 13.3. The number of hydrogen-bond acceptors (Lipinski definition) is 0. The minimum atomic E-state index is -1.65. The monoisotopic (exact) mass is 394 g/mol. The van der Waals surface area contributed by atoms with Gasteiger partial charge in [-0.25, -0.2) is 22.0 Å². The molecule has 2 aliphatic rings. The summed E-state index contributed by atoms with van der Waals surface area (Å²) in [6.45, 7) is 2.28. The Labute approximate surface area is 161 Å². The van der Waals surface area contributed by atoms with Gasteiger partial charge in [0.05, 0.1) is 5.56 Å². The van der Waals surface area contributed by atoms with Crippen LogP contribution in [0.5, 0.6) is 0 Å². The third-order valence-electron chi connectivity index (χ3n) is 6.68. The minimum Gasteiger partial charge on any atom is -0.206 e. The van der Waals surface area contributed by atoms with Crippen molar-refractivity contribution >= 4 is 0 Å². The average Bonchev–Trinajstić information content (AvgIpc) is 2.65. The second-order valence-corrected chi connectivity index (χ2v) is 8.56. The molecule has 2 aromatic rings. The molecule has 2 fully saturated rings. The normalized spacial score (nSPS) is 27.5. The maximum Gasteiger partial charge on any atom is 0.194 e. The number of rotatable bonds is 2. The Balaban J connectivity index is 1.62. The summed E-state index contributed by atoms with van der Waals surface area (Å²) >= 11 is 0. The maximum atomic E-state index is 14.7. The number of fused-ring (bicyclic) bond motifs is 1. The van der Waals surface area contributed by atoms with E-state index in [-0.39, 0.29) is 11.5 Å². The van der Waals surface area contributed by atoms with Gasteiger partial charge in [-0.15, -0.1) is 0 Å². The Bertz CT molecular complexity index is 845. The Morgan fingerprint density at radius 1 is 0.679 bits per heavy atom. The summed E-state index contributed by atoms with van der Waals surface area (Å²) < 4.78 is 69.6. The van der Waals surface area contributed by atoms with Crippen molar-refractivity contribution in [1.29, 1.82) is 0 Å². The standard InChI is InChI=1S/C23H23F5/c1-12-2-3-14-7-15(5-4-13(14)6-12)16-8-18(24)22(19(25)9-16)17-10-20(26)23(28)21(27)11-17/h8-15H,2-7H2,1H3/t12?,13-,14-,15-/m1/s1. The van der Waals surface area contributed by atoms with E-state index in [0.29, 0.717) is 29.5 Å². The molecule has 0 aliphatic heterocycles. The summed E-state index contributed by atoms with van der Waals surface area (Å²) in [5.41, 5.74) is -0.275. The van der Waals surface area contributed by atoms with Gasteiger partial charge in [0.25, 0.3) is 0 Å². The first-order valence-corrected chi connectivity index (χ1v) is 9.97. The van der Waals surface area contributed by atoms with Crippen molar-refractivity contribution in [3.63, 3.8) is 0 Å². The van der Waals surface area contributed by atoms with E-state index < -0.39 is 34.6 Å². The Morgan fingerprint density at radius 3 is 1.89 bits per heavy atom. The average molecular weight is 394 g/mol. The topological polar surface area (TPSA) is 0 Å². The fraction of sp³-hybridized carbons (Fsp3) is 0.478. The van der Waals surface area contributed by atoms with Crippen LogP contribution in [-0.2, 0) is 0 Å². The smallest absolute Gasteiger partial charge is 0.194 e. The highest BCUT2D eigenvalue weighted by Crippen LogP contribution is 2.48. The molecule has 4 atom stereocenters. The third kappa shape index (κ3) is 3.56. The lowest BCUT2D eigenvalue weighted by Crippen LogP contribution is -2.29. The van der Waals surface area contributed by atoms with Crippen LogP contribution in [0.3, 0.4) is 0 Å². The van der Waals surface area contributed by atoms with Crippen molar-refractivity contribution in [1.82, 2.24) is 0 Å². The van der Waals surface area contributed by atoms with Gasteiger partial charge >= 0.3 is 0 Å². The molecule has 0 saturated heterocycles. The van der Waals surface area contributed by atoms with Crippen LogP contribution in [0.2, 0.25) is 0 Å². The predicted molar refractivity (Wildman–Crippen MR) is 98.3 cm³/mol. The van der Waals surface area contributed by atoms with Gasteiger partial charge in [-0.05, 0) is 91.2 Å². The fourth-order valence-electron chi connectivity index (χ4n) is 5.23. The van der Waals surface area contributed by atoms with Crippen molar-refractivity contribution in [3.8, 4) is 11.1 Å². The lowest BCUT2D eigenvalue weighted by molar-refractivity contribution is 0.124. The molecule has 0 spiro atoms. The largest absolute Gasteiger partial charge is 0.206 e. The predicted octanol–water partition coefficient (Wildman–Crippen LogP) is 7.37. The summed E-state index contributed by atoms with van der Waals surface area (Å²) in [4.78, 5) is 0. The van der Waals surface area contributed by atoms with E-state index >= 15 is 0 Å². The Kier molecular flexibility index (Phi) is 5.19. The highest BCUT2D eigenvalue weighted by molar-refractivity contribution is 5.65. The molecular formula is C23H23F5. The molecule has 0 bridgehead atoms. The first kappa shape index (κ1) is 19.4. The van der Waals surface area contributed by atoms with Gasteiger partial charge in [0, 0.05) is 0 Å². The van der Waals surface area contributed by atoms with Gasteiger partial charge in [0.15, 0.2) is 17.5 Å². The third-order valence-corrected chi connectivity index (χ3v) is 6.68. The minimum absolute atomic E-state index is 0.0920. The molecule has 2 aliphatic carbocycles. The molecule has 0 N–H and O–H groups in total. The lowest BCUT2D eigenvalue weighted by Gasteiger charge is -2.41. The molecule has 0 nitrogen and oxygen atoms in total.